The zero-order valence-corrected chi connectivity index (χ0v) is 17.1. The highest BCUT2D eigenvalue weighted by Crippen LogP contribution is 2.30. The second-order valence-corrected chi connectivity index (χ2v) is 6.87. The van der Waals surface area contributed by atoms with Crippen LogP contribution in [0.4, 0.5) is 4.79 Å². The van der Waals surface area contributed by atoms with E-state index in [1.807, 2.05) is 6.07 Å². The maximum Gasteiger partial charge on any atom is 0.417 e. The molecule has 31 heavy (non-hydrogen) atoms. The second kappa shape index (κ2) is 10.9. The van der Waals surface area contributed by atoms with Crippen LogP contribution in [0.2, 0.25) is 0 Å². The molecule has 2 amide bonds. The zero-order chi connectivity index (χ0) is 22.2. The van der Waals surface area contributed by atoms with Gasteiger partial charge < -0.3 is 24.1 Å². The molecule has 166 valence electrons. The molecule has 0 saturated carbocycles. The summed E-state index contributed by atoms with van der Waals surface area (Å²) in [6.07, 6.45) is 1.64. The van der Waals surface area contributed by atoms with Crippen molar-refractivity contribution in [2.24, 2.45) is 0 Å². The lowest BCUT2D eigenvalue weighted by Gasteiger charge is -2.30. The molecule has 0 aromatic heterocycles. The lowest BCUT2D eigenvalue weighted by molar-refractivity contribution is -0.153. The van der Waals surface area contributed by atoms with Crippen LogP contribution in [0.5, 0.6) is 0 Å². The minimum absolute atomic E-state index is 0.0172. The van der Waals surface area contributed by atoms with Gasteiger partial charge in [0, 0.05) is 7.11 Å². The largest absolute Gasteiger partial charge is 0.479 e. The molecule has 1 N–H and O–H groups in total. The van der Waals surface area contributed by atoms with Gasteiger partial charge in [-0.2, -0.15) is 0 Å². The van der Waals surface area contributed by atoms with E-state index in [0.29, 0.717) is 18.8 Å². The van der Waals surface area contributed by atoms with Crippen molar-refractivity contribution >= 4 is 17.8 Å². The summed E-state index contributed by atoms with van der Waals surface area (Å²) in [5, 5.41) is 8.72. The van der Waals surface area contributed by atoms with Crippen LogP contribution < -0.4 is 0 Å². The van der Waals surface area contributed by atoms with Gasteiger partial charge >= 0.3 is 6.09 Å². The maximum absolute atomic E-state index is 13.2. The number of ether oxygens (including phenoxy) is 4. The van der Waals surface area contributed by atoms with Crippen LogP contribution in [-0.4, -0.2) is 73.5 Å². The number of aliphatic hydroxyl groups is 1. The van der Waals surface area contributed by atoms with Crippen molar-refractivity contribution in [3.05, 3.63) is 59.9 Å². The van der Waals surface area contributed by atoms with Gasteiger partial charge in [-0.3, -0.25) is 9.59 Å². The summed E-state index contributed by atoms with van der Waals surface area (Å²) in [6.45, 7) is 0.550. The van der Waals surface area contributed by atoms with Crippen LogP contribution in [0.15, 0.2) is 54.3 Å². The van der Waals surface area contributed by atoms with E-state index in [1.165, 1.54) is 19.3 Å². The fraction of sp³-hybridized carbons (Fsp3) is 0.409. The molecule has 2 aliphatic rings. The molecule has 0 spiro atoms. The molecule has 9 heteroatoms. The maximum atomic E-state index is 13.2. The van der Waals surface area contributed by atoms with E-state index < -0.39 is 36.0 Å². The number of aliphatic hydroxyl groups excluding tert-OH is 1. The Hall–Kier alpha value is -3.01. The molecular formula is C22H25NO8. The lowest BCUT2D eigenvalue weighted by atomic mass is 10.0. The molecule has 9 nitrogen and oxygen atoms in total. The molecule has 2 aliphatic heterocycles. The summed E-state index contributed by atoms with van der Waals surface area (Å²) >= 11 is 0. The van der Waals surface area contributed by atoms with Crippen molar-refractivity contribution in [1.82, 2.24) is 4.90 Å². The number of carbonyl (C=O) groups is 3. The highest BCUT2D eigenvalue weighted by Gasteiger charge is 2.46. The van der Waals surface area contributed by atoms with E-state index in [1.54, 1.807) is 30.3 Å². The molecule has 0 aliphatic carbocycles. The third kappa shape index (κ3) is 5.38. The number of benzene rings is 1. The number of rotatable bonds is 9. The third-order valence-electron chi connectivity index (χ3n) is 4.87. The average molecular weight is 431 g/mol. The first-order valence-electron chi connectivity index (χ1n) is 9.91. The smallest absolute Gasteiger partial charge is 0.417 e. The van der Waals surface area contributed by atoms with Gasteiger partial charge in [0.1, 0.15) is 18.4 Å². The number of nitrogens with zero attached hydrogens (tertiary/aromatic N) is 1. The number of imide groups is 1. The number of allylic oxidation sites excluding steroid dienone is 1. The predicted molar refractivity (Wildman–Crippen MR) is 108 cm³/mol. The van der Waals surface area contributed by atoms with E-state index >= 15 is 0 Å². The standard InChI is InChI=1S/C22H25NO8/c1-28-20(19-18(25)10-9-16(31-19)8-5-12-29-13-11-24)21(26)23-17(14-30-22(23)27)15-6-3-2-4-7-15/h2-4,6-10,17,19-20,24H,5,11-14H2,1H3/t17-,19-,20+/m0/s1. The van der Waals surface area contributed by atoms with Gasteiger partial charge in [0.25, 0.3) is 5.91 Å². The highest BCUT2D eigenvalue weighted by molar-refractivity contribution is 6.03. The molecule has 0 bridgehead atoms. The van der Waals surface area contributed by atoms with Crippen molar-refractivity contribution in [2.45, 2.75) is 24.7 Å². The summed E-state index contributed by atoms with van der Waals surface area (Å²) in [6, 6.07) is 8.39. The zero-order valence-electron chi connectivity index (χ0n) is 17.1. The van der Waals surface area contributed by atoms with Crippen LogP contribution in [0.1, 0.15) is 18.0 Å². The van der Waals surface area contributed by atoms with Gasteiger partial charge in [-0.15, -0.1) is 0 Å². The third-order valence-corrected chi connectivity index (χ3v) is 4.87. The number of ketones is 1. The Morgan fingerprint density at radius 2 is 2.03 bits per heavy atom. The van der Waals surface area contributed by atoms with Gasteiger partial charge in [-0.05, 0) is 30.2 Å². The van der Waals surface area contributed by atoms with E-state index in [4.69, 9.17) is 24.1 Å². The van der Waals surface area contributed by atoms with Crippen molar-refractivity contribution in [3.8, 4) is 0 Å². The van der Waals surface area contributed by atoms with Crippen LogP contribution in [0.25, 0.3) is 0 Å². The minimum Gasteiger partial charge on any atom is -0.479 e. The summed E-state index contributed by atoms with van der Waals surface area (Å²) < 4.78 is 21.3. The Labute approximate surface area is 179 Å². The summed E-state index contributed by atoms with van der Waals surface area (Å²) in [4.78, 5) is 39.0. The minimum atomic E-state index is -1.33. The van der Waals surface area contributed by atoms with E-state index in [9.17, 15) is 14.4 Å². The normalized spacial score (nSPS) is 23.0. The number of hydrogen-bond acceptors (Lipinski definition) is 8. The fourth-order valence-electron chi connectivity index (χ4n) is 3.36. The SMILES string of the molecule is CO[C@@H](C(=O)N1C(=O)OC[C@H]1c1ccccc1)[C@H]1OC(=CCCOCCO)C=CC1=O. The summed E-state index contributed by atoms with van der Waals surface area (Å²) in [5.41, 5.74) is 0.732. The Morgan fingerprint density at radius 1 is 1.26 bits per heavy atom. The number of carbonyl (C=O) groups excluding carboxylic acids is 3. The van der Waals surface area contributed by atoms with Crippen molar-refractivity contribution in [3.63, 3.8) is 0 Å². The first-order valence-corrected chi connectivity index (χ1v) is 9.91. The average Bonchev–Trinajstić information content (AvgIpc) is 3.18. The molecule has 1 fully saturated rings. The van der Waals surface area contributed by atoms with Gasteiger partial charge in [0.05, 0.1) is 19.8 Å². The summed E-state index contributed by atoms with van der Waals surface area (Å²) in [7, 11) is 1.28. The molecule has 1 saturated heterocycles. The molecule has 0 unspecified atom stereocenters. The highest BCUT2D eigenvalue weighted by atomic mass is 16.6. The number of methoxy groups -OCH3 is 1. The van der Waals surface area contributed by atoms with Crippen molar-refractivity contribution in [1.29, 1.82) is 0 Å². The molecule has 1 aromatic carbocycles. The quantitative estimate of drug-likeness (QED) is 0.586. The van der Waals surface area contributed by atoms with E-state index in [2.05, 4.69) is 0 Å². The number of amides is 2. The first-order chi connectivity index (χ1) is 15.1. The Balaban J connectivity index is 1.74. The van der Waals surface area contributed by atoms with Gasteiger partial charge in [-0.25, -0.2) is 9.69 Å². The Kier molecular flexibility index (Phi) is 7.94. The first kappa shape index (κ1) is 22.7. The topological polar surface area (TPSA) is 112 Å². The fourth-order valence-corrected chi connectivity index (χ4v) is 3.36. The summed E-state index contributed by atoms with van der Waals surface area (Å²) in [5.74, 6) is -0.772. The molecular weight excluding hydrogens is 406 g/mol. The molecule has 3 atom stereocenters. The van der Waals surface area contributed by atoms with Crippen LogP contribution in [0.3, 0.4) is 0 Å². The predicted octanol–water partition coefficient (Wildman–Crippen LogP) is 1.53. The lowest BCUT2D eigenvalue weighted by Crippen LogP contribution is -2.51. The number of cyclic esters (lactones) is 1. The van der Waals surface area contributed by atoms with Crippen LogP contribution in [0, 0.1) is 0 Å². The van der Waals surface area contributed by atoms with E-state index in [0.717, 1.165) is 10.5 Å². The molecule has 2 heterocycles. The van der Waals surface area contributed by atoms with Gasteiger partial charge in [-0.1, -0.05) is 30.3 Å². The number of hydrogen-bond donors (Lipinski definition) is 1. The van der Waals surface area contributed by atoms with E-state index in [-0.39, 0.29) is 19.8 Å². The van der Waals surface area contributed by atoms with Crippen LogP contribution >= 0.6 is 0 Å². The second-order valence-electron chi connectivity index (χ2n) is 6.87. The molecule has 0 radical (unpaired) electrons. The molecule has 1 aromatic rings. The monoisotopic (exact) mass is 431 g/mol. The van der Waals surface area contributed by atoms with Crippen LogP contribution in [-0.2, 0) is 28.5 Å². The Morgan fingerprint density at radius 3 is 2.74 bits per heavy atom. The Bertz CT molecular complexity index is 850. The van der Waals surface area contributed by atoms with Gasteiger partial charge in [0.15, 0.2) is 18.0 Å². The van der Waals surface area contributed by atoms with Gasteiger partial charge in [0.2, 0.25) is 0 Å². The van der Waals surface area contributed by atoms with Crippen molar-refractivity contribution in [2.75, 3.05) is 33.5 Å². The molecule has 3 rings (SSSR count). The van der Waals surface area contributed by atoms with Crippen molar-refractivity contribution < 1.29 is 38.4 Å².